The van der Waals surface area contributed by atoms with Gasteiger partial charge in [-0.2, -0.15) is 10.2 Å². The maximum Gasteiger partial charge on any atom is 0.292 e. The van der Waals surface area contributed by atoms with E-state index in [1.165, 1.54) is 4.68 Å². The van der Waals surface area contributed by atoms with E-state index in [0.29, 0.717) is 10.8 Å². The third kappa shape index (κ3) is 4.73. The van der Waals surface area contributed by atoms with Gasteiger partial charge in [-0.25, -0.2) is 10.1 Å². The van der Waals surface area contributed by atoms with E-state index in [4.69, 9.17) is 0 Å². The average Bonchev–Trinajstić information content (AvgIpc) is 2.82. The predicted molar refractivity (Wildman–Crippen MR) is 125 cm³/mol. The molecule has 0 aliphatic heterocycles. The Balaban J connectivity index is 1.63. The molecule has 0 unspecified atom stereocenters. The molecule has 3 aromatic carbocycles. The Morgan fingerprint density at radius 1 is 1.00 bits per heavy atom. The lowest BCUT2D eigenvalue weighted by molar-refractivity contribution is 0.0949. The second-order valence-electron chi connectivity index (χ2n) is 6.81. The van der Waals surface area contributed by atoms with Crippen LogP contribution in [0.25, 0.3) is 10.8 Å². The molecule has 0 radical (unpaired) electrons. The van der Waals surface area contributed by atoms with E-state index in [2.05, 4.69) is 15.6 Å². The lowest BCUT2D eigenvalue weighted by atomic mass is 10.1. The fourth-order valence-electron chi connectivity index (χ4n) is 3.17. The number of hydrogen-bond donors (Lipinski definition) is 1. The average molecular weight is 429 g/mol. The van der Waals surface area contributed by atoms with Crippen molar-refractivity contribution >= 4 is 34.7 Å². The Hall–Kier alpha value is -3.71. The van der Waals surface area contributed by atoms with Gasteiger partial charge in [0.05, 0.1) is 18.1 Å². The zero-order valence-corrected chi connectivity index (χ0v) is 17.7. The van der Waals surface area contributed by atoms with E-state index in [9.17, 15) is 9.59 Å². The number of hydrogen-bond acceptors (Lipinski definition) is 5. The van der Waals surface area contributed by atoms with Crippen molar-refractivity contribution in [2.24, 2.45) is 5.10 Å². The van der Waals surface area contributed by atoms with Crippen LogP contribution in [-0.2, 0) is 6.54 Å². The zero-order valence-electron chi connectivity index (χ0n) is 16.9. The van der Waals surface area contributed by atoms with Gasteiger partial charge in [-0.3, -0.25) is 9.59 Å². The normalized spacial score (nSPS) is 11.1. The molecule has 6 nitrogen and oxygen atoms in total. The van der Waals surface area contributed by atoms with Crippen molar-refractivity contribution in [1.82, 2.24) is 15.2 Å². The topological polar surface area (TPSA) is 76.3 Å². The number of aromatic nitrogens is 2. The fraction of sp³-hybridized carbons (Fsp3) is 0.0833. The second-order valence-corrected chi connectivity index (χ2v) is 7.69. The van der Waals surface area contributed by atoms with Gasteiger partial charge in [0.2, 0.25) is 0 Å². The van der Waals surface area contributed by atoms with Gasteiger partial charge in [-0.1, -0.05) is 60.7 Å². The van der Waals surface area contributed by atoms with Crippen molar-refractivity contribution in [2.75, 3.05) is 6.26 Å². The predicted octanol–water partition coefficient (Wildman–Crippen LogP) is 3.93. The summed E-state index contributed by atoms with van der Waals surface area (Å²) in [5, 5.41) is 9.35. The minimum absolute atomic E-state index is 0.154. The van der Waals surface area contributed by atoms with Gasteiger partial charge < -0.3 is 0 Å². The van der Waals surface area contributed by atoms with Crippen LogP contribution in [0.4, 0.5) is 0 Å². The molecule has 0 atom stereocenters. The van der Waals surface area contributed by atoms with Gasteiger partial charge >= 0.3 is 0 Å². The first kappa shape index (κ1) is 20.6. The molecule has 0 spiro atoms. The van der Waals surface area contributed by atoms with E-state index in [0.717, 1.165) is 16.0 Å². The Bertz CT molecular complexity index is 1300. The quantitative estimate of drug-likeness (QED) is 0.287. The van der Waals surface area contributed by atoms with Crippen LogP contribution in [0.1, 0.15) is 21.6 Å². The molecule has 0 fully saturated rings. The molecule has 4 aromatic rings. The minimum atomic E-state index is -0.477. The molecule has 31 heavy (non-hydrogen) atoms. The Morgan fingerprint density at radius 3 is 2.39 bits per heavy atom. The molecule has 1 heterocycles. The summed E-state index contributed by atoms with van der Waals surface area (Å²) in [5.74, 6) is -0.477. The molecule has 1 amide bonds. The fourth-order valence-corrected chi connectivity index (χ4v) is 3.58. The molecule has 1 aromatic heterocycles. The summed E-state index contributed by atoms with van der Waals surface area (Å²) in [6.45, 7) is 0.274. The largest absolute Gasteiger partial charge is 0.292 e. The van der Waals surface area contributed by atoms with Gasteiger partial charge in [-0.05, 0) is 35.6 Å². The third-order valence-corrected chi connectivity index (χ3v) is 5.50. The number of fused-ring (bicyclic) bond motifs is 1. The van der Waals surface area contributed by atoms with Crippen LogP contribution in [0.5, 0.6) is 0 Å². The number of benzene rings is 3. The van der Waals surface area contributed by atoms with Crippen LogP contribution in [-0.4, -0.2) is 28.2 Å². The van der Waals surface area contributed by atoms with Crippen LogP contribution in [0.2, 0.25) is 0 Å². The highest BCUT2D eigenvalue weighted by Crippen LogP contribution is 2.15. The lowest BCUT2D eigenvalue weighted by Gasteiger charge is -2.10. The lowest BCUT2D eigenvalue weighted by Crippen LogP contribution is -2.29. The molecule has 7 heteroatoms. The first-order chi connectivity index (χ1) is 15.2. The molecular weight excluding hydrogens is 408 g/mol. The molecule has 0 saturated heterocycles. The number of thioether (sulfide) groups is 1. The summed E-state index contributed by atoms with van der Waals surface area (Å²) in [6, 6.07) is 24.3. The van der Waals surface area contributed by atoms with Crippen molar-refractivity contribution < 1.29 is 4.79 Å². The Labute approximate surface area is 183 Å². The van der Waals surface area contributed by atoms with Gasteiger partial charge in [0.15, 0.2) is 5.69 Å². The highest BCUT2D eigenvalue weighted by Gasteiger charge is 2.16. The number of amides is 1. The molecule has 0 saturated carbocycles. The van der Waals surface area contributed by atoms with Crippen LogP contribution >= 0.6 is 11.8 Å². The Morgan fingerprint density at radius 2 is 1.68 bits per heavy atom. The van der Waals surface area contributed by atoms with E-state index in [1.54, 1.807) is 42.2 Å². The summed E-state index contributed by atoms with van der Waals surface area (Å²) in [4.78, 5) is 26.9. The van der Waals surface area contributed by atoms with Crippen LogP contribution in [0, 0.1) is 0 Å². The number of carbonyl (C=O) groups excluding carboxylic acids is 1. The maximum absolute atomic E-state index is 12.9. The maximum atomic E-state index is 12.9. The molecule has 0 aliphatic rings. The molecule has 154 valence electrons. The summed E-state index contributed by atoms with van der Waals surface area (Å²) in [7, 11) is 0. The van der Waals surface area contributed by atoms with E-state index >= 15 is 0 Å². The molecular formula is C24H20N4O2S. The second kappa shape index (κ2) is 9.40. The molecule has 0 bridgehead atoms. The molecule has 1 N–H and O–H groups in total. The van der Waals surface area contributed by atoms with Gasteiger partial charge in [0.1, 0.15) is 0 Å². The highest BCUT2D eigenvalue weighted by molar-refractivity contribution is 7.98. The minimum Gasteiger partial charge on any atom is -0.267 e. The zero-order chi connectivity index (χ0) is 21.6. The number of rotatable bonds is 6. The monoisotopic (exact) mass is 428 g/mol. The van der Waals surface area contributed by atoms with Gasteiger partial charge in [0, 0.05) is 10.3 Å². The van der Waals surface area contributed by atoms with E-state index < -0.39 is 5.91 Å². The van der Waals surface area contributed by atoms with E-state index in [1.807, 2.05) is 60.9 Å². The first-order valence-corrected chi connectivity index (χ1v) is 10.9. The number of nitrogens with zero attached hydrogens (tertiary/aromatic N) is 3. The van der Waals surface area contributed by atoms with Crippen molar-refractivity contribution in [1.29, 1.82) is 0 Å². The molecule has 4 rings (SSSR count). The smallest absolute Gasteiger partial charge is 0.267 e. The van der Waals surface area contributed by atoms with Crippen LogP contribution in [0.3, 0.4) is 0 Å². The van der Waals surface area contributed by atoms with Crippen molar-refractivity contribution in [3.05, 3.63) is 106 Å². The van der Waals surface area contributed by atoms with Crippen molar-refractivity contribution in [3.63, 3.8) is 0 Å². The van der Waals surface area contributed by atoms with Crippen molar-refractivity contribution in [3.8, 4) is 0 Å². The van der Waals surface area contributed by atoms with Crippen molar-refractivity contribution in [2.45, 2.75) is 11.4 Å². The van der Waals surface area contributed by atoms with Crippen LogP contribution in [0.15, 0.2) is 93.7 Å². The molecule has 0 aliphatic carbocycles. The van der Waals surface area contributed by atoms with E-state index in [-0.39, 0.29) is 17.8 Å². The summed E-state index contributed by atoms with van der Waals surface area (Å²) < 4.78 is 1.32. The highest BCUT2D eigenvalue weighted by atomic mass is 32.2. The first-order valence-electron chi connectivity index (χ1n) is 9.67. The van der Waals surface area contributed by atoms with Gasteiger partial charge in [0.25, 0.3) is 11.5 Å². The number of carbonyl (C=O) groups is 1. The summed E-state index contributed by atoms with van der Waals surface area (Å²) in [5.41, 5.74) is 4.23. The number of hydrazone groups is 1. The number of nitrogens with one attached hydrogen (secondary N) is 1. The SMILES string of the molecule is CSc1ccc(/C=N/NC(=O)c2nn(Cc3ccccc3)c(=O)c3ccccc23)cc1. The van der Waals surface area contributed by atoms with Gasteiger partial charge in [-0.15, -0.1) is 11.8 Å². The standard InChI is InChI=1S/C24H20N4O2S/c1-31-19-13-11-17(12-14-19)15-25-26-23(29)22-20-9-5-6-10-21(20)24(30)28(27-22)16-18-7-3-2-4-8-18/h2-15H,16H2,1H3,(H,26,29)/b25-15+. The summed E-state index contributed by atoms with van der Waals surface area (Å²) >= 11 is 1.66. The Kier molecular flexibility index (Phi) is 6.24. The third-order valence-electron chi connectivity index (χ3n) is 4.75. The van der Waals surface area contributed by atoms with Crippen LogP contribution < -0.4 is 11.0 Å². The summed E-state index contributed by atoms with van der Waals surface area (Å²) in [6.07, 6.45) is 3.59.